The van der Waals surface area contributed by atoms with E-state index in [1.54, 1.807) is 12.1 Å². The van der Waals surface area contributed by atoms with Crippen molar-refractivity contribution in [3.8, 4) is 0 Å². The number of halogens is 2. The lowest BCUT2D eigenvalue weighted by atomic mass is 9.98. The molecular weight excluding hydrogens is 264 g/mol. The number of benzene rings is 1. The predicted octanol–water partition coefficient (Wildman–Crippen LogP) is 3.63. The van der Waals surface area contributed by atoms with Gasteiger partial charge in [0.25, 0.3) is 6.43 Å². The van der Waals surface area contributed by atoms with Gasteiger partial charge in [-0.05, 0) is 31.5 Å². The lowest BCUT2D eigenvalue weighted by molar-refractivity contribution is -0.138. The van der Waals surface area contributed by atoms with Gasteiger partial charge in [-0.1, -0.05) is 30.7 Å². The van der Waals surface area contributed by atoms with Crippen molar-refractivity contribution in [2.45, 2.75) is 38.2 Å². The molecule has 1 unspecified atom stereocenters. The molecule has 1 N–H and O–H groups in total. The van der Waals surface area contributed by atoms with Crippen molar-refractivity contribution in [1.29, 1.82) is 0 Å². The van der Waals surface area contributed by atoms with Crippen LogP contribution in [0.25, 0.3) is 0 Å². The van der Waals surface area contributed by atoms with E-state index < -0.39 is 12.4 Å². The number of likely N-dealkylation sites (tertiary alicyclic amines) is 1. The minimum Gasteiger partial charge on any atom is -0.481 e. The number of carboxylic acids is 1. The zero-order valence-corrected chi connectivity index (χ0v) is 11.3. The molecule has 0 spiro atoms. The van der Waals surface area contributed by atoms with E-state index in [-0.39, 0.29) is 18.0 Å². The number of nitrogens with zero attached hydrogens (tertiary/aromatic N) is 1. The van der Waals surface area contributed by atoms with Crippen molar-refractivity contribution in [2.75, 3.05) is 13.1 Å². The quantitative estimate of drug-likeness (QED) is 0.897. The van der Waals surface area contributed by atoms with Gasteiger partial charge in [-0.3, -0.25) is 9.69 Å². The molecule has 0 saturated carbocycles. The molecule has 0 aromatic heterocycles. The Kier molecular flexibility index (Phi) is 5.06. The van der Waals surface area contributed by atoms with Crippen molar-refractivity contribution in [3.05, 3.63) is 35.4 Å². The molecule has 1 aromatic carbocycles. The first-order valence-corrected chi connectivity index (χ1v) is 6.92. The Balaban J connectivity index is 2.18. The second-order valence-corrected chi connectivity index (χ2v) is 5.18. The number of hydrogen-bond acceptors (Lipinski definition) is 2. The Bertz CT molecular complexity index is 442. The summed E-state index contributed by atoms with van der Waals surface area (Å²) in [6.45, 7) is 1.74. The van der Waals surface area contributed by atoms with E-state index in [0.29, 0.717) is 0 Å². The smallest absolute Gasteiger partial charge is 0.305 e. The zero-order valence-electron chi connectivity index (χ0n) is 11.3. The fourth-order valence-electron chi connectivity index (χ4n) is 2.72. The van der Waals surface area contributed by atoms with Crippen LogP contribution in [-0.2, 0) is 4.79 Å². The highest BCUT2D eigenvalue weighted by Gasteiger charge is 2.24. The van der Waals surface area contributed by atoms with Gasteiger partial charge < -0.3 is 5.11 Å². The number of carbonyl (C=O) groups is 1. The Hall–Kier alpha value is -1.49. The molecule has 0 radical (unpaired) electrons. The van der Waals surface area contributed by atoms with Crippen LogP contribution in [0.3, 0.4) is 0 Å². The van der Waals surface area contributed by atoms with Crippen LogP contribution in [0.1, 0.15) is 49.3 Å². The van der Waals surface area contributed by atoms with Crippen LogP contribution in [0.2, 0.25) is 0 Å². The minimum atomic E-state index is -2.49. The average molecular weight is 283 g/mol. The third-order valence-electron chi connectivity index (χ3n) is 3.77. The molecule has 0 aliphatic carbocycles. The van der Waals surface area contributed by atoms with Crippen LogP contribution < -0.4 is 0 Å². The van der Waals surface area contributed by atoms with Crippen LogP contribution in [0.15, 0.2) is 24.3 Å². The van der Waals surface area contributed by atoms with Gasteiger partial charge >= 0.3 is 5.97 Å². The van der Waals surface area contributed by atoms with Gasteiger partial charge in [-0.25, -0.2) is 8.78 Å². The lowest BCUT2D eigenvalue weighted by Crippen LogP contribution is -2.34. The third-order valence-corrected chi connectivity index (χ3v) is 3.77. The van der Waals surface area contributed by atoms with Gasteiger partial charge in [0, 0.05) is 11.6 Å². The number of aliphatic carboxylic acids is 1. The van der Waals surface area contributed by atoms with Gasteiger partial charge in [0.15, 0.2) is 0 Å². The van der Waals surface area contributed by atoms with Crippen LogP contribution in [0.4, 0.5) is 8.78 Å². The molecule has 20 heavy (non-hydrogen) atoms. The maximum atomic E-state index is 12.6. The van der Waals surface area contributed by atoms with Crippen molar-refractivity contribution in [1.82, 2.24) is 4.90 Å². The molecule has 0 amide bonds. The van der Waals surface area contributed by atoms with Crippen molar-refractivity contribution >= 4 is 5.97 Å². The summed E-state index contributed by atoms with van der Waals surface area (Å²) in [5.41, 5.74) is 0.778. The molecule has 1 saturated heterocycles. The summed E-state index contributed by atoms with van der Waals surface area (Å²) in [6, 6.07) is 5.81. The van der Waals surface area contributed by atoms with Gasteiger partial charge in [0.05, 0.1) is 6.42 Å². The third kappa shape index (κ3) is 3.76. The summed E-state index contributed by atoms with van der Waals surface area (Å²) in [4.78, 5) is 13.2. The molecule has 5 heteroatoms. The highest BCUT2D eigenvalue weighted by Crippen LogP contribution is 2.29. The van der Waals surface area contributed by atoms with Crippen LogP contribution in [0, 0.1) is 0 Å². The van der Waals surface area contributed by atoms with E-state index in [2.05, 4.69) is 4.90 Å². The summed E-state index contributed by atoms with van der Waals surface area (Å²) >= 11 is 0. The molecule has 2 rings (SSSR count). The molecule has 1 fully saturated rings. The highest BCUT2D eigenvalue weighted by atomic mass is 19.3. The lowest BCUT2D eigenvalue weighted by Gasteiger charge is -2.34. The van der Waals surface area contributed by atoms with E-state index >= 15 is 0 Å². The first kappa shape index (κ1) is 14.9. The van der Waals surface area contributed by atoms with Crippen molar-refractivity contribution in [2.24, 2.45) is 0 Å². The van der Waals surface area contributed by atoms with Crippen LogP contribution in [-0.4, -0.2) is 29.1 Å². The van der Waals surface area contributed by atoms with Crippen LogP contribution >= 0.6 is 0 Å². The normalized spacial score (nSPS) is 18.1. The summed E-state index contributed by atoms with van der Waals surface area (Å²) in [6.07, 6.45) is 0.808. The Morgan fingerprint density at radius 3 is 2.15 bits per heavy atom. The zero-order chi connectivity index (χ0) is 14.5. The highest BCUT2D eigenvalue weighted by molar-refractivity contribution is 5.68. The van der Waals surface area contributed by atoms with Gasteiger partial charge in [-0.2, -0.15) is 0 Å². The number of rotatable bonds is 5. The molecule has 3 nitrogen and oxygen atoms in total. The average Bonchev–Trinajstić information content (AvgIpc) is 2.45. The van der Waals surface area contributed by atoms with E-state index in [1.807, 2.05) is 0 Å². The summed E-state index contributed by atoms with van der Waals surface area (Å²) in [5.74, 6) is -0.862. The first-order valence-electron chi connectivity index (χ1n) is 6.92. The molecular formula is C15H19F2NO2. The fourth-order valence-corrected chi connectivity index (χ4v) is 2.72. The van der Waals surface area contributed by atoms with Gasteiger partial charge in [0.1, 0.15) is 0 Å². The molecule has 0 bridgehead atoms. The molecule has 1 aliphatic rings. The second kappa shape index (κ2) is 6.79. The second-order valence-electron chi connectivity index (χ2n) is 5.18. The standard InChI is InChI=1S/C15H19F2NO2/c16-15(17)12-6-4-11(5-7-12)13(10-14(19)20)18-8-2-1-3-9-18/h4-7,13,15H,1-3,8-10H2,(H,19,20). The summed E-state index contributed by atoms with van der Waals surface area (Å²) in [5, 5.41) is 9.07. The van der Waals surface area contributed by atoms with E-state index in [0.717, 1.165) is 31.5 Å². The Labute approximate surface area is 117 Å². The monoisotopic (exact) mass is 283 g/mol. The van der Waals surface area contributed by atoms with Crippen LogP contribution in [0.5, 0.6) is 0 Å². The summed E-state index contributed by atoms with van der Waals surface area (Å²) in [7, 11) is 0. The molecule has 1 heterocycles. The largest absolute Gasteiger partial charge is 0.481 e. The number of alkyl halides is 2. The van der Waals surface area contributed by atoms with Gasteiger partial charge in [-0.15, -0.1) is 0 Å². The molecule has 1 aliphatic heterocycles. The molecule has 1 atom stereocenters. The SMILES string of the molecule is O=C(O)CC(c1ccc(C(F)F)cc1)N1CCCCC1. The fraction of sp³-hybridized carbons (Fsp3) is 0.533. The minimum absolute atomic E-state index is 0.00796. The first-order chi connectivity index (χ1) is 9.58. The Morgan fingerprint density at radius 1 is 1.10 bits per heavy atom. The maximum Gasteiger partial charge on any atom is 0.305 e. The number of piperidine rings is 1. The predicted molar refractivity (Wildman–Crippen MR) is 71.8 cm³/mol. The van der Waals surface area contributed by atoms with E-state index in [9.17, 15) is 13.6 Å². The Morgan fingerprint density at radius 2 is 1.65 bits per heavy atom. The number of hydrogen-bond donors (Lipinski definition) is 1. The number of carboxylic acid groups (broad SMARTS) is 1. The van der Waals surface area contributed by atoms with Crippen molar-refractivity contribution in [3.63, 3.8) is 0 Å². The van der Waals surface area contributed by atoms with Gasteiger partial charge in [0.2, 0.25) is 0 Å². The van der Waals surface area contributed by atoms with E-state index in [4.69, 9.17) is 5.11 Å². The molecule has 1 aromatic rings. The van der Waals surface area contributed by atoms with E-state index in [1.165, 1.54) is 18.6 Å². The maximum absolute atomic E-state index is 12.6. The topological polar surface area (TPSA) is 40.5 Å². The molecule has 110 valence electrons. The van der Waals surface area contributed by atoms with Crippen molar-refractivity contribution < 1.29 is 18.7 Å². The summed E-state index contributed by atoms with van der Waals surface area (Å²) < 4.78 is 25.1.